The van der Waals surface area contributed by atoms with Gasteiger partial charge in [-0.15, -0.1) is 12.4 Å². The Morgan fingerprint density at radius 1 is 1.42 bits per heavy atom. The van der Waals surface area contributed by atoms with Gasteiger partial charge >= 0.3 is 0 Å². The molecule has 2 N–H and O–H groups in total. The highest BCUT2D eigenvalue weighted by Crippen LogP contribution is 2.20. The Morgan fingerprint density at radius 2 is 2.16 bits per heavy atom. The van der Waals surface area contributed by atoms with E-state index in [9.17, 15) is 8.42 Å². The molecule has 1 aliphatic rings. The number of sulfonamides is 1. The molecule has 19 heavy (non-hydrogen) atoms. The van der Waals surface area contributed by atoms with E-state index in [4.69, 9.17) is 11.6 Å². The van der Waals surface area contributed by atoms with Crippen LogP contribution in [0.1, 0.15) is 18.4 Å². The van der Waals surface area contributed by atoms with Gasteiger partial charge in [0.15, 0.2) is 0 Å². The van der Waals surface area contributed by atoms with Gasteiger partial charge in [-0.25, -0.2) is 13.1 Å². The van der Waals surface area contributed by atoms with E-state index >= 15 is 0 Å². The molecule has 1 fully saturated rings. The lowest BCUT2D eigenvalue weighted by molar-refractivity contribution is 0.428. The molecule has 1 aliphatic heterocycles. The Labute approximate surface area is 125 Å². The molecule has 1 heterocycles. The predicted octanol–water partition coefficient (Wildman–Crippen LogP) is 2.10. The fraction of sp³-hybridized carbons (Fsp3) is 0.500. The highest BCUT2D eigenvalue weighted by Gasteiger charge is 2.23. The summed E-state index contributed by atoms with van der Waals surface area (Å²) < 4.78 is 27.3. The first-order chi connectivity index (χ1) is 8.49. The molecule has 1 aromatic carbocycles. The molecule has 0 bridgehead atoms. The Morgan fingerprint density at radius 3 is 2.79 bits per heavy atom. The Balaban J connectivity index is 0.00000180. The number of halogens is 2. The van der Waals surface area contributed by atoms with E-state index in [1.54, 1.807) is 19.1 Å². The van der Waals surface area contributed by atoms with Crippen LogP contribution in [0.2, 0.25) is 5.02 Å². The Bertz CT molecular complexity index is 529. The van der Waals surface area contributed by atoms with Crippen molar-refractivity contribution in [3.63, 3.8) is 0 Å². The third kappa shape index (κ3) is 4.33. The SMILES string of the molecule is Cc1ccc(Cl)cc1S(=O)(=O)N[C@@H]1CCCNC1.Cl. The van der Waals surface area contributed by atoms with Crippen LogP contribution in [-0.4, -0.2) is 27.5 Å². The van der Waals surface area contributed by atoms with Gasteiger partial charge in [-0.3, -0.25) is 0 Å². The lowest BCUT2D eigenvalue weighted by atomic mass is 10.1. The zero-order chi connectivity index (χ0) is 13.2. The minimum Gasteiger partial charge on any atom is -0.315 e. The maximum absolute atomic E-state index is 12.3. The van der Waals surface area contributed by atoms with Crippen LogP contribution in [-0.2, 0) is 10.0 Å². The first-order valence-electron chi connectivity index (χ1n) is 5.98. The molecule has 2 rings (SSSR count). The van der Waals surface area contributed by atoms with E-state index in [0.29, 0.717) is 17.1 Å². The second-order valence-electron chi connectivity index (χ2n) is 4.57. The number of piperidine rings is 1. The second-order valence-corrected chi connectivity index (χ2v) is 6.69. The van der Waals surface area contributed by atoms with E-state index < -0.39 is 10.0 Å². The van der Waals surface area contributed by atoms with Gasteiger partial charge in [0.2, 0.25) is 10.0 Å². The number of hydrogen-bond donors (Lipinski definition) is 2. The summed E-state index contributed by atoms with van der Waals surface area (Å²) in [4.78, 5) is 0.264. The lowest BCUT2D eigenvalue weighted by Gasteiger charge is -2.24. The molecule has 0 spiro atoms. The van der Waals surface area contributed by atoms with Crippen LogP contribution in [0.15, 0.2) is 23.1 Å². The molecule has 0 aliphatic carbocycles. The van der Waals surface area contributed by atoms with Crippen LogP contribution >= 0.6 is 24.0 Å². The molecular formula is C12H18Cl2N2O2S. The van der Waals surface area contributed by atoms with Gasteiger partial charge < -0.3 is 5.32 Å². The first-order valence-corrected chi connectivity index (χ1v) is 7.84. The summed E-state index contributed by atoms with van der Waals surface area (Å²) in [6.45, 7) is 3.40. The smallest absolute Gasteiger partial charge is 0.241 e. The third-order valence-corrected chi connectivity index (χ3v) is 4.96. The van der Waals surface area contributed by atoms with E-state index in [1.807, 2.05) is 0 Å². The highest BCUT2D eigenvalue weighted by atomic mass is 35.5. The number of nitrogens with one attached hydrogen (secondary N) is 2. The van der Waals surface area contributed by atoms with E-state index in [2.05, 4.69) is 10.0 Å². The molecule has 0 amide bonds. The van der Waals surface area contributed by atoms with Crippen molar-refractivity contribution < 1.29 is 8.42 Å². The monoisotopic (exact) mass is 324 g/mol. The number of rotatable bonds is 3. The van der Waals surface area contributed by atoms with Crippen molar-refractivity contribution in [1.29, 1.82) is 0 Å². The quantitative estimate of drug-likeness (QED) is 0.895. The van der Waals surface area contributed by atoms with Crippen LogP contribution in [0, 0.1) is 6.92 Å². The molecule has 1 saturated heterocycles. The third-order valence-electron chi connectivity index (χ3n) is 3.06. The van der Waals surface area contributed by atoms with Crippen molar-refractivity contribution in [1.82, 2.24) is 10.0 Å². The highest BCUT2D eigenvalue weighted by molar-refractivity contribution is 7.89. The molecule has 0 saturated carbocycles. The fourth-order valence-corrected chi connectivity index (χ4v) is 3.88. The van der Waals surface area contributed by atoms with Crippen molar-refractivity contribution in [2.24, 2.45) is 0 Å². The summed E-state index contributed by atoms with van der Waals surface area (Å²) in [5, 5.41) is 3.61. The fourth-order valence-electron chi connectivity index (χ4n) is 2.10. The average Bonchev–Trinajstić information content (AvgIpc) is 2.33. The molecule has 1 atom stereocenters. The summed E-state index contributed by atoms with van der Waals surface area (Å²) in [5.74, 6) is 0. The van der Waals surface area contributed by atoms with Gasteiger partial charge in [-0.2, -0.15) is 0 Å². The summed E-state index contributed by atoms with van der Waals surface area (Å²) in [6.07, 6.45) is 1.85. The summed E-state index contributed by atoms with van der Waals surface area (Å²) in [7, 11) is -3.49. The normalized spacial score (nSPS) is 19.8. The standard InChI is InChI=1S/C12H17ClN2O2S.ClH/c1-9-4-5-10(13)7-12(9)18(16,17)15-11-3-2-6-14-8-11;/h4-5,7,11,14-15H,2-3,6,8H2,1H3;1H/t11-;/m1./s1. The Kier molecular flexibility index (Phi) is 6.08. The molecule has 7 heteroatoms. The largest absolute Gasteiger partial charge is 0.315 e. The summed E-state index contributed by atoms with van der Waals surface area (Å²) >= 11 is 5.86. The zero-order valence-electron chi connectivity index (χ0n) is 10.6. The van der Waals surface area contributed by atoms with Crippen LogP contribution in [0.25, 0.3) is 0 Å². The molecule has 4 nitrogen and oxygen atoms in total. The summed E-state index contributed by atoms with van der Waals surface area (Å²) in [6, 6.07) is 4.87. The zero-order valence-corrected chi connectivity index (χ0v) is 13.0. The van der Waals surface area contributed by atoms with Crippen LogP contribution in [0.4, 0.5) is 0 Å². The van der Waals surface area contributed by atoms with Crippen LogP contribution < -0.4 is 10.0 Å². The molecule has 0 aromatic heterocycles. The minimum atomic E-state index is -3.49. The number of aryl methyl sites for hydroxylation is 1. The predicted molar refractivity (Wildman–Crippen MR) is 79.7 cm³/mol. The van der Waals surface area contributed by atoms with Gasteiger partial charge in [0.25, 0.3) is 0 Å². The molecule has 0 unspecified atom stereocenters. The van der Waals surface area contributed by atoms with Gasteiger partial charge in [0, 0.05) is 17.6 Å². The number of benzene rings is 1. The maximum atomic E-state index is 12.3. The van der Waals surface area contributed by atoms with Gasteiger partial charge in [-0.1, -0.05) is 17.7 Å². The topological polar surface area (TPSA) is 58.2 Å². The first kappa shape index (κ1) is 16.7. The molecular weight excluding hydrogens is 307 g/mol. The van der Waals surface area contributed by atoms with Crippen LogP contribution in [0.3, 0.4) is 0 Å². The second kappa shape index (κ2) is 6.90. The van der Waals surface area contributed by atoms with Crippen molar-refractivity contribution in [3.8, 4) is 0 Å². The number of hydrogen-bond acceptors (Lipinski definition) is 3. The maximum Gasteiger partial charge on any atom is 0.241 e. The van der Waals surface area contributed by atoms with Gasteiger partial charge in [0.05, 0.1) is 4.90 Å². The minimum absolute atomic E-state index is 0. The van der Waals surface area contributed by atoms with Crippen molar-refractivity contribution >= 4 is 34.0 Å². The summed E-state index contributed by atoms with van der Waals surface area (Å²) in [5.41, 5.74) is 0.704. The van der Waals surface area contributed by atoms with E-state index in [0.717, 1.165) is 19.4 Å². The molecule has 0 radical (unpaired) electrons. The average molecular weight is 325 g/mol. The van der Waals surface area contributed by atoms with Crippen molar-refractivity contribution in [2.45, 2.75) is 30.7 Å². The van der Waals surface area contributed by atoms with E-state index in [1.165, 1.54) is 6.07 Å². The lowest BCUT2D eigenvalue weighted by Crippen LogP contribution is -2.45. The Hall–Kier alpha value is -0.330. The van der Waals surface area contributed by atoms with Gasteiger partial charge in [0.1, 0.15) is 0 Å². The van der Waals surface area contributed by atoms with Crippen molar-refractivity contribution in [3.05, 3.63) is 28.8 Å². The molecule has 108 valence electrons. The van der Waals surface area contributed by atoms with Crippen molar-refractivity contribution in [2.75, 3.05) is 13.1 Å². The molecule has 1 aromatic rings. The van der Waals surface area contributed by atoms with Crippen LogP contribution in [0.5, 0.6) is 0 Å². The van der Waals surface area contributed by atoms with Gasteiger partial charge in [-0.05, 0) is 44.0 Å². The van der Waals surface area contributed by atoms with E-state index in [-0.39, 0.29) is 23.3 Å².